The number of carbonyl (C=O) groups is 2. The van der Waals surface area contributed by atoms with E-state index in [1.165, 1.54) is 0 Å². The molecule has 6 heteroatoms. The van der Waals surface area contributed by atoms with Gasteiger partial charge in [0.2, 0.25) is 5.91 Å². The summed E-state index contributed by atoms with van der Waals surface area (Å²) in [6, 6.07) is 23.8. The van der Waals surface area contributed by atoms with Gasteiger partial charge in [-0.3, -0.25) is 9.59 Å². The van der Waals surface area contributed by atoms with E-state index in [2.05, 4.69) is 17.2 Å². The predicted octanol–water partition coefficient (Wildman–Crippen LogP) is 4.97. The zero-order valence-electron chi connectivity index (χ0n) is 18.1. The van der Waals surface area contributed by atoms with Crippen LogP contribution in [0.25, 0.3) is 0 Å². The number of ether oxygens (including phenoxy) is 1. The average Bonchev–Trinajstić information content (AvgIpc) is 2.83. The van der Waals surface area contributed by atoms with Crippen LogP contribution in [-0.4, -0.2) is 31.5 Å². The van der Waals surface area contributed by atoms with E-state index in [9.17, 15) is 9.59 Å². The summed E-state index contributed by atoms with van der Waals surface area (Å²) >= 11 is 0. The summed E-state index contributed by atoms with van der Waals surface area (Å²) in [4.78, 5) is 27.0. The van der Waals surface area contributed by atoms with Crippen molar-refractivity contribution in [2.75, 3.05) is 35.2 Å². The monoisotopic (exact) mass is 429 g/mol. The molecule has 0 fully saturated rings. The Kier molecular flexibility index (Phi) is 8.03. The van der Waals surface area contributed by atoms with Crippen LogP contribution in [0.15, 0.2) is 91.5 Å². The van der Waals surface area contributed by atoms with Crippen molar-refractivity contribution in [3.63, 3.8) is 0 Å². The Bertz CT molecular complexity index is 1050. The van der Waals surface area contributed by atoms with Gasteiger partial charge in [0.15, 0.2) is 0 Å². The number of nitrogens with zero attached hydrogens (tertiary/aromatic N) is 1. The summed E-state index contributed by atoms with van der Waals surface area (Å²) in [6.45, 7) is 6.60. The molecule has 6 nitrogen and oxygen atoms in total. The number of nitrogens with one attached hydrogen (secondary N) is 2. The number of benzene rings is 3. The molecule has 0 radical (unpaired) electrons. The maximum atomic E-state index is 12.9. The highest BCUT2D eigenvalue weighted by atomic mass is 16.5. The molecule has 0 spiro atoms. The van der Waals surface area contributed by atoms with Gasteiger partial charge in [0, 0.05) is 23.5 Å². The molecule has 0 aliphatic heterocycles. The van der Waals surface area contributed by atoms with Gasteiger partial charge in [-0.25, -0.2) is 0 Å². The molecule has 164 valence electrons. The molecule has 3 aromatic carbocycles. The molecule has 0 heterocycles. The van der Waals surface area contributed by atoms with E-state index in [0.717, 1.165) is 11.4 Å². The van der Waals surface area contributed by atoms with Crippen molar-refractivity contribution >= 4 is 28.9 Å². The van der Waals surface area contributed by atoms with E-state index in [1.807, 2.05) is 61.5 Å². The average molecular weight is 430 g/mol. The molecule has 0 bridgehead atoms. The number of hydrogen-bond donors (Lipinski definition) is 2. The van der Waals surface area contributed by atoms with Gasteiger partial charge < -0.3 is 20.3 Å². The summed E-state index contributed by atoms with van der Waals surface area (Å²) in [5.41, 5.74) is 2.75. The van der Waals surface area contributed by atoms with Crippen LogP contribution in [0, 0.1) is 0 Å². The van der Waals surface area contributed by atoms with Gasteiger partial charge in [-0.2, -0.15) is 0 Å². The van der Waals surface area contributed by atoms with Crippen LogP contribution in [0.3, 0.4) is 0 Å². The third-order valence-electron chi connectivity index (χ3n) is 4.73. The highest BCUT2D eigenvalue weighted by Gasteiger charge is 2.16. The van der Waals surface area contributed by atoms with Crippen LogP contribution in [0.5, 0.6) is 5.75 Å². The lowest BCUT2D eigenvalue weighted by Gasteiger charge is -2.21. The van der Waals surface area contributed by atoms with Crippen LogP contribution < -0.4 is 20.3 Å². The van der Waals surface area contributed by atoms with E-state index in [0.29, 0.717) is 30.2 Å². The summed E-state index contributed by atoms with van der Waals surface area (Å²) in [5.74, 6) is 0.360. The number of amides is 2. The minimum absolute atomic E-state index is 0.0762. The Morgan fingerprint density at radius 3 is 2.34 bits per heavy atom. The predicted molar refractivity (Wildman–Crippen MR) is 129 cm³/mol. The summed E-state index contributed by atoms with van der Waals surface area (Å²) in [7, 11) is 0. The molecule has 3 rings (SSSR count). The Hall–Kier alpha value is -4.06. The molecule has 0 atom stereocenters. The fraction of sp³-hybridized carbons (Fsp3) is 0.154. The van der Waals surface area contributed by atoms with Crippen molar-refractivity contribution in [2.24, 2.45) is 0 Å². The first-order chi connectivity index (χ1) is 15.6. The van der Waals surface area contributed by atoms with Gasteiger partial charge in [-0.05, 0) is 55.5 Å². The number of anilines is 3. The number of carbonyl (C=O) groups excluding carboxylic acids is 2. The number of hydrogen-bond acceptors (Lipinski definition) is 4. The molecule has 0 aromatic heterocycles. The third-order valence-corrected chi connectivity index (χ3v) is 4.73. The molecule has 3 aromatic rings. The van der Waals surface area contributed by atoms with E-state index in [-0.39, 0.29) is 18.4 Å². The lowest BCUT2D eigenvalue weighted by Crippen LogP contribution is -2.30. The molecule has 0 aliphatic carbocycles. The van der Waals surface area contributed by atoms with Gasteiger partial charge in [0.25, 0.3) is 5.91 Å². The molecule has 2 amide bonds. The topological polar surface area (TPSA) is 70.7 Å². The van der Waals surface area contributed by atoms with E-state index < -0.39 is 0 Å². The molecule has 0 saturated heterocycles. The maximum Gasteiger partial charge on any atom is 0.258 e. The van der Waals surface area contributed by atoms with Crippen molar-refractivity contribution in [2.45, 2.75) is 6.92 Å². The lowest BCUT2D eigenvalue weighted by molar-refractivity contribution is -0.114. The largest absolute Gasteiger partial charge is 0.487 e. The fourth-order valence-corrected chi connectivity index (χ4v) is 3.17. The van der Waals surface area contributed by atoms with Crippen molar-refractivity contribution in [1.29, 1.82) is 0 Å². The Balaban J connectivity index is 1.58. The fourth-order valence-electron chi connectivity index (χ4n) is 3.17. The van der Waals surface area contributed by atoms with Crippen LogP contribution >= 0.6 is 0 Å². The minimum atomic E-state index is -0.206. The Morgan fingerprint density at radius 2 is 1.66 bits per heavy atom. The van der Waals surface area contributed by atoms with E-state index in [1.54, 1.807) is 35.2 Å². The zero-order chi connectivity index (χ0) is 22.8. The minimum Gasteiger partial charge on any atom is -0.487 e. The van der Waals surface area contributed by atoms with Gasteiger partial charge in [0.05, 0.1) is 12.2 Å². The van der Waals surface area contributed by atoms with Crippen LogP contribution in [0.4, 0.5) is 17.1 Å². The van der Waals surface area contributed by atoms with E-state index >= 15 is 0 Å². The quantitative estimate of drug-likeness (QED) is 0.447. The first-order valence-electron chi connectivity index (χ1n) is 10.5. The van der Waals surface area contributed by atoms with Crippen molar-refractivity contribution in [1.82, 2.24) is 0 Å². The van der Waals surface area contributed by atoms with Crippen LogP contribution in [-0.2, 0) is 4.79 Å². The molecule has 0 unspecified atom stereocenters. The summed E-state index contributed by atoms with van der Waals surface area (Å²) < 4.78 is 5.58. The summed E-state index contributed by atoms with van der Waals surface area (Å²) in [5, 5.41) is 5.91. The number of rotatable bonds is 10. The summed E-state index contributed by atoms with van der Waals surface area (Å²) in [6.07, 6.45) is 1.66. The van der Waals surface area contributed by atoms with Gasteiger partial charge >= 0.3 is 0 Å². The molecular weight excluding hydrogens is 402 g/mol. The standard InChI is InChI=1S/C26H27N3O3/c1-3-18-32-24-13-9-8-12-23(24)27-19-25(30)28-21-16-14-20(15-17-21)26(31)29(4-2)22-10-6-5-7-11-22/h3,5-17,27H,1,4,18-19H2,2H3,(H,28,30). The molecule has 2 N–H and O–H groups in total. The molecule has 32 heavy (non-hydrogen) atoms. The van der Waals surface area contributed by atoms with Gasteiger partial charge in [0.1, 0.15) is 12.4 Å². The molecule has 0 aliphatic rings. The van der Waals surface area contributed by atoms with Crippen molar-refractivity contribution in [3.8, 4) is 5.75 Å². The highest BCUT2D eigenvalue weighted by Crippen LogP contribution is 2.23. The van der Waals surface area contributed by atoms with Crippen molar-refractivity contribution < 1.29 is 14.3 Å². The van der Waals surface area contributed by atoms with Crippen LogP contribution in [0.1, 0.15) is 17.3 Å². The lowest BCUT2D eigenvalue weighted by atomic mass is 10.1. The SMILES string of the molecule is C=CCOc1ccccc1NCC(=O)Nc1ccc(C(=O)N(CC)c2ccccc2)cc1. The van der Waals surface area contributed by atoms with Gasteiger partial charge in [-0.15, -0.1) is 0 Å². The number of para-hydroxylation sites is 3. The molecule has 0 saturated carbocycles. The van der Waals surface area contributed by atoms with Gasteiger partial charge in [-0.1, -0.05) is 43.0 Å². The highest BCUT2D eigenvalue weighted by molar-refractivity contribution is 6.06. The third kappa shape index (κ3) is 5.98. The Labute approximate surface area is 188 Å². The zero-order valence-corrected chi connectivity index (χ0v) is 18.1. The first-order valence-corrected chi connectivity index (χ1v) is 10.5. The normalized spacial score (nSPS) is 10.2. The second kappa shape index (κ2) is 11.4. The Morgan fingerprint density at radius 1 is 0.969 bits per heavy atom. The maximum absolute atomic E-state index is 12.9. The second-order valence-electron chi connectivity index (χ2n) is 6.96. The van der Waals surface area contributed by atoms with Crippen LogP contribution in [0.2, 0.25) is 0 Å². The first kappa shape index (κ1) is 22.6. The smallest absolute Gasteiger partial charge is 0.258 e. The molecular formula is C26H27N3O3. The van der Waals surface area contributed by atoms with E-state index in [4.69, 9.17) is 4.74 Å². The second-order valence-corrected chi connectivity index (χ2v) is 6.96. The van der Waals surface area contributed by atoms with Crippen molar-refractivity contribution in [3.05, 3.63) is 97.1 Å².